The minimum atomic E-state index is -0.975. The largest absolute Gasteiger partial charge is 0.481 e. The molecule has 0 unspecified atom stereocenters. The second-order valence-electron chi connectivity index (χ2n) is 10.3. The van der Waals surface area contributed by atoms with E-state index in [4.69, 9.17) is 16.7 Å². The van der Waals surface area contributed by atoms with E-state index in [-0.39, 0.29) is 30.9 Å². The lowest BCUT2D eigenvalue weighted by atomic mass is 9.84. The van der Waals surface area contributed by atoms with Gasteiger partial charge < -0.3 is 15.7 Å². The molecule has 0 aromatic heterocycles. The molecular formula is C32H36ClN3O4. The molecule has 3 aromatic rings. The number of nitrogens with zero attached hydrogens (tertiary/aromatic N) is 1. The topological polar surface area (TPSA) is 98.7 Å². The second kappa shape index (κ2) is 14.0. The molecular weight excluding hydrogens is 526 g/mol. The van der Waals surface area contributed by atoms with Crippen molar-refractivity contribution in [2.45, 2.75) is 64.0 Å². The van der Waals surface area contributed by atoms with Gasteiger partial charge in [-0.3, -0.25) is 14.5 Å². The number of rotatable bonds is 10. The Bertz CT molecular complexity index is 1290. The minimum absolute atomic E-state index is 0.0455. The third-order valence-corrected chi connectivity index (χ3v) is 7.67. The summed E-state index contributed by atoms with van der Waals surface area (Å²) in [6, 6.07) is 22.2. The molecule has 210 valence electrons. The lowest BCUT2D eigenvalue weighted by Gasteiger charge is -2.26. The maximum atomic E-state index is 13.6. The van der Waals surface area contributed by atoms with Gasteiger partial charge in [-0.2, -0.15) is 0 Å². The molecule has 1 aliphatic rings. The first-order chi connectivity index (χ1) is 19.3. The van der Waals surface area contributed by atoms with Crippen molar-refractivity contribution < 1.29 is 19.5 Å². The zero-order valence-electron chi connectivity index (χ0n) is 22.7. The Morgan fingerprint density at radius 2 is 1.57 bits per heavy atom. The zero-order valence-corrected chi connectivity index (χ0v) is 23.5. The summed E-state index contributed by atoms with van der Waals surface area (Å²) < 4.78 is 0. The first-order valence-corrected chi connectivity index (χ1v) is 14.2. The van der Waals surface area contributed by atoms with Gasteiger partial charge in [-0.1, -0.05) is 67.3 Å². The zero-order chi connectivity index (χ0) is 28.5. The van der Waals surface area contributed by atoms with Gasteiger partial charge in [0.1, 0.15) is 0 Å². The summed E-state index contributed by atoms with van der Waals surface area (Å²) in [5.74, 6) is -0.730. The van der Waals surface area contributed by atoms with Crippen molar-refractivity contribution in [1.82, 2.24) is 10.6 Å². The molecule has 3 amide bonds. The number of urea groups is 1. The molecule has 0 heterocycles. The predicted octanol–water partition coefficient (Wildman–Crippen LogP) is 7.07. The van der Waals surface area contributed by atoms with Gasteiger partial charge in [0.25, 0.3) is 5.91 Å². The average molecular weight is 562 g/mol. The highest BCUT2D eigenvalue weighted by Gasteiger charge is 2.21. The minimum Gasteiger partial charge on any atom is -0.481 e. The Balaban J connectivity index is 1.51. The molecule has 7 nitrogen and oxygen atoms in total. The fraction of sp³-hybridized carbons (Fsp3) is 0.344. The highest BCUT2D eigenvalue weighted by molar-refractivity contribution is 6.30. The summed E-state index contributed by atoms with van der Waals surface area (Å²) in [5.41, 5.74) is 4.32. The molecule has 3 aromatic carbocycles. The van der Waals surface area contributed by atoms with Crippen LogP contribution >= 0.6 is 11.6 Å². The van der Waals surface area contributed by atoms with Crippen molar-refractivity contribution in [3.05, 3.63) is 100 Å². The predicted molar refractivity (Wildman–Crippen MR) is 158 cm³/mol. The molecule has 40 heavy (non-hydrogen) atoms. The van der Waals surface area contributed by atoms with Crippen molar-refractivity contribution in [3.63, 3.8) is 0 Å². The van der Waals surface area contributed by atoms with Gasteiger partial charge in [-0.25, -0.2) is 4.79 Å². The van der Waals surface area contributed by atoms with Gasteiger partial charge in [0, 0.05) is 22.8 Å². The van der Waals surface area contributed by atoms with Crippen molar-refractivity contribution in [3.8, 4) is 0 Å². The van der Waals surface area contributed by atoms with E-state index in [2.05, 4.69) is 34.9 Å². The van der Waals surface area contributed by atoms with Crippen LogP contribution in [0.1, 0.15) is 84.5 Å². The lowest BCUT2D eigenvalue weighted by Crippen LogP contribution is -2.40. The highest BCUT2D eigenvalue weighted by atomic mass is 35.5. The Hall–Kier alpha value is -3.84. The van der Waals surface area contributed by atoms with Gasteiger partial charge in [0.2, 0.25) is 0 Å². The molecule has 0 bridgehead atoms. The molecule has 1 aliphatic carbocycles. The molecule has 1 atom stereocenters. The van der Waals surface area contributed by atoms with E-state index in [1.165, 1.54) is 37.7 Å². The van der Waals surface area contributed by atoms with Gasteiger partial charge in [-0.05, 0) is 78.8 Å². The molecule has 0 spiro atoms. The first-order valence-electron chi connectivity index (χ1n) is 13.8. The molecule has 1 saturated carbocycles. The molecule has 0 radical (unpaired) electrons. The number of carboxylic acids is 1. The quantitative estimate of drug-likeness (QED) is 0.246. The number of hydrogen-bond acceptors (Lipinski definition) is 3. The van der Waals surface area contributed by atoms with Crippen LogP contribution in [0.2, 0.25) is 5.02 Å². The van der Waals surface area contributed by atoms with Crippen LogP contribution in [0.15, 0.2) is 72.8 Å². The monoisotopic (exact) mass is 561 g/mol. The Labute approximate surface area is 240 Å². The Morgan fingerprint density at radius 1 is 0.925 bits per heavy atom. The number of amides is 3. The van der Waals surface area contributed by atoms with Gasteiger partial charge in [0.15, 0.2) is 0 Å². The molecule has 1 fully saturated rings. The van der Waals surface area contributed by atoms with Gasteiger partial charge >= 0.3 is 12.0 Å². The smallest absolute Gasteiger partial charge is 0.322 e. The van der Waals surface area contributed by atoms with Crippen molar-refractivity contribution in [2.75, 3.05) is 11.4 Å². The van der Waals surface area contributed by atoms with Gasteiger partial charge in [0.05, 0.1) is 19.0 Å². The second-order valence-corrected chi connectivity index (χ2v) is 10.8. The van der Waals surface area contributed by atoms with Crippen LogP contribution < -0.4 is 15.5 Å². The number of halogens is 1. The van der Waals surface area contributed by atoms with Crippen molar-refractivity contribution >= 4 is 35.2 Å². The number of aliphatic carboxylic acids is 1. The fourth-order valence-electron chi connectivity index (χ4n) is 5.07. The van der Waals surface area contributed by atoms with Crippen LogP contribution in [0.5, 0.6) is 0 Å². The maximum Gasteiger partial charge on any atom is 0.322 e. The van der Waals surface area contributed by atoms with Crippen LogP contribution in [-0.4, -0.2) is 29.6 Å². The number of carbonyl (C=O) groups excluding carboxylic acids is 2. The SMILES string of the molecule is C[C@H](NC(=O)N(Cc1ccc(C2CCCCC2)cc1)c1ccc(C(=O)NCCC(=O)O)cc1)c1ccc(Cl)cc1. The van der Waals surface area contributed by atoms with E-state index >= 15 is 0 Å². The van der Waals surface area contributed by atoms with E-state index in [0.717, 1.165) is 11.1 Å². The third-order valence-electron chi connectivity index (χ3n) is 7.42. The molecule has 0 saturated heterocycles. The molecule has 0 aliphatic heterocycles. The van der Waals surface area contributed by atoms with E-state index in [1.807, 2.05) is 19.1 Å². The Kier molecular flexibility index (Phi) is 10.2. The molecule has 8 heteroatoms. The van der Waals surface area contributed by atoms with Crippen LogP contribution in [0.25, 0.3) is 0 Å². The van der Waals surface area contributed by atoms with Crippen LogP contribution in [0, 0.1) is 0 Å². The van der Waals surface area contributed by atoms with E-state index < -0.39 is 5.97 Å². The summed E-state index contributed by atoms with van der Waals surface area (Å²) >= 11 is 6.03. The molecule has 3 N–H and O–H groups in total. The van der Waals surface area contributed by atoms with Crippen LogP contribution in [-0.2, 0) is 11.3 Å². The number of carboxylic acid groups (broad SMARTS) is 1. The van der Waals surface area contributed by atoms with Crippen LogP contribution in [0.4, 0.5) is 10.5 Å². The third kappa shape index (κ3) is 8.09. The van der Waals surface area contributed by atoms with Gasteiger partial charge in [-0.15, -0.1) is 0 Å². The summed E-state index contributed by atoms with van der Waals surface area (Å²) in [5, 5.41) is 15.1. The fourth-order valence-corrected chi connectivity index (χ4v) is 5.20. The summed E-state index contributed by atoms with van der Waals surface area (Å²) in [7, 11) is 0. The Morgan fingerprint density at radius 3 is 2.20 bits per heavy atom. The number of anilines is 1. The number of hydrogen-bond donors (Lipinski definition) is 3. The average Bonchev–Trinajstić information content (AvgIpc) is 2.97. The van der Waals surface area contributed by atoms with E-state index in [1.54, 1.807) is 41.3 Å². The van der Waals surface area contributed by atoms with E-state index in [0.29, 0.717) is 28.7 Å². The summed E-state index contributed by atoms with van der Waals surface area (Å²) in [4.78, 5) is 38.4. The maximum absolute atomic E-state index is 13.6. The number of carbonyl (C=O) groups is 3. The van der Waals surface area contributed by atoms with Crippen molar-refractivity contribution in [1.29, 1.82) is 0 Å². The lowest BCUT2D eigenvalue weighted by molar-refractivity contribution is -0.136. The molecule has 4 rings (SSSR count). The highest BCUT2D eigenvalue weighted by Crippen LogP contribution is 2.33. The first kappa shape index (κ1) is 29.2. The number of nitrogens with one attached hydrogen (secondary N) is 2. The number of benzene rings is 3. The summed E-state index contributed by atoms with van der Waals surface area (Å²) in [6.45, 7) is 2.32. The van der Waals surface area contributed by atoms with Crippen LogP contribution in [0.3, 0.4) is 0 Å². The standard InChI is InChI=1S/C32H36ClN3O4/c1-22(24-11-15-28(33)16-12-24)35-32(40)36(21-23-7-9-26(10-8-23)25-5-3-2-4-6-25)29-17-13-27(14-18-29)31(39)34-20-19-30(37)38/h7-18,22,25H,2-6,19-21H2,1H3,(H,34,39)(H,35,40)(H,37,38)/t22-/m0/s1. The van der Waals surface area contributed by atoms with E-state index in [9.17, 15) is 14.4 Å². The normalized spacial score (nSPS) is 14.2. The van der Waals surface area contributed by atoms with Crippen molar-refractivity contribution in [2.24, 2.45) is 0 Å². The summed E-state index contributed by atoms with van der Waals surface area (Å²) in [6.07, 6.45) is 6.18.